The summed E-state index contributed by atoms with van der Waals surface area (Å²) in [6, 6.07) is 4.74. The van der Waals surface area contributed by atoms with Crippen LogP contribution in [0, 0.1) is 13.8 Å². The van der Waals surface area contributed by atoms with Gasteiger partial charge in [-0.3, -0.25) is 0 Å². The van der Waals surface area contributed by atoms with Gasteiger partial charge in [-0.2, -0.15) is 9.61 Å². The number of hydrogen-bond donors (Lipinski definition) is 1. The lowest BCUT2D eigenvalue weighted by molar-refractivity contribution is -0.274. The Morgan fingerprint density at radius 1 is 1.16 bits per heavy atom. The molecule has 0 fully saturated rings. The fourth-order valence-electron chi connectivity index (χ4n) is 4.40. The highest BCUT2D eigenvalue weighted by molar-refractivity contribution is 5.83. The van der Waals surface area contributed by atoms with Gasteiger partial charge >= 0.3 is 6.36 Å². The minimum absolute atomic E-state index is 0.229. The number of benzene rings is 1. The molecule has 5 nitrogen and oxygen atoms in total. The summed E-state index contributed by atoms with van der Waals surface area (Å²) in [7, 11) is 0. The molecule has 0 spiro atoms. The largest absolute Gasteiger partial charge is 0.573 e. The Labute approximate surface area is 179 Å². The van der Waals surface area contributed by atoms with Gasteiger partial charge in [0.15, 0.2) is 5.65 Å². The van der Waals surface area contributed by atoms with Gasteiger partial charge in [-0.25, -0.2) is 4.98 Å². The average Bonchev–Trinajstić information content (AvgIpc) is 3.28. The van der Waals surface area contributed by atoms with Gasteiger partial charge in [0, 0.05) is 22.9 Å². The molecule has 0 unspecified atom stereocenters. The first-order chi connectivity index (χ1) is 14.7. The second-order valence-corrected chi connectivity index (χ2v) is 8.12. The standard InChI is InChI=1S/C23H27F3N4O/c1-5-15(6-2)27-21-18-8-7-9-19(18)28-22-20(14(4)29-30(21)22)17-11-10-16(12-13(17)3)31-23(24,25)26/h10-12,15,27H,5-9H2,1-4H3. The Kier molecular flexibility index (Phi) is 5.58. The summed E-state index contributed by atoms with van der Waals surface area (Å²) < 4.78 is 43.8. The SMILES string of the molecule is CCC(CC)Nc1c2c(nc3c(-c4ccc(OC(F)(F)F)cc4C)c(C)nn13)CCC2. The van der Waals surface area contributed by atoms with Crippen molar-refractivity contribution in [2.45, 2.75) is 72.2 Å². The van der Waals surface area contributed by atoms with Crippen molar-refractivity contribution in [3.8, 4) is 16.9 Å². The van der Waals surface area contributed by atoms with E-state index in [4.69, 9.17) is 10.1 Å². The van der Waals surface area contributed by atoms with Crippen molar-refractivity contribution >= 4 is 11.5 Å². The summed E-state index contributed by atoms with van der Waals surface area (Å²) in [5.41, 5.74) is 6.15. The van der Waals surface area contributed by atoms with Gasteiger partial charge in [0.25, 0.3) is 0 Å². The highest BCUT2D eigenvalue weighted by atomic mass is 19.4. The molecule has 1 aromatic carbocycles. The van der Waals surface area contributed by atoms with Crippen molar-refractivity contribution in [2.75, 3.05) is 5.32 Å². The van der Waals surface area contributed by atoms with Crippen LogP contribution in [0.4, 0.5) is 19.0 Å². The number of fused-ring (bicyclic) bond motifs is 2. The molecule has 31 heavy (non-hydrogen) atoms. The highest BCUT2D eigenvalue weighted by Gasteiger charge is 2.31. The number of ether oxygens (including phenoxy) is 1. The van der Waals surface area contributed by atoms with Crippen LogP contribution in [0.1, 0.15) is 55.6 Å². The van der Waals surface area contributed by atoms with Crippen LogP contribution in [0.3, 0.4) is 0 Å². The van der Waals surface area contributed by atoms with Crippen LogP contribution >= 0.6 is 0 Å². The van der Waals surface area contributed by atoms with Crippen LogP contribution in [0.25, 0.3) is 16.8 Å². The maximum absolute atomic E-state index is 12.6. The first-order valence-electron chi connectivity index (χ1n) is 10.8. The van der Waals surface area contributed by atoms with Gasteiger partial charge in [0.05, 0.1) is 5.69 Å². The smallest absolute Gasteiger partial charge is 0.406 e. The average molecular weight is 432 g/mol. The van der Waals surface area contributed by atoms with E-state index in [1.54, 1.807) is 13.0 Å². The lowest BCUT2D eigenvalue weighted by Crippen LogP contribution is -2.21. The third-order valence-corrected chi connectivity index (χ3v) is 5.99. The van der Waals surface area contributed by atoms with Gasteiger partial charge < -0.3 is 10.1 Å². The monoisotopic (exact) mass is 432 g/mol. The number of halogens is 3. The molecule has 0 amide bonds. The molecule has 0 bridgehead atoms. The fourth-order valence-corrected chi connectivity index (χ4v) is 4.40. The summed E-state index contributed by atoms with van der Waals surface area (Å²) >= 11 is 0. The third kappa shape index (κ3) is 4.07. The van der Waals surface area contributed by atoms with Crippen molar-refractivity contribution in [2.24, 2.45) is 0 Å². The topological polar surface area (TPSA) is 51.5 Å². The molecular formula is C23H27F3N4O. The predicted octanol–water partition coefficient (Wildman–Crippen LogP) is 6.00. The molecule has 0 atom stereocenters. The molecule has 4 rings (SSSR count). The van der Waals surface area contributed by atoms with Gasteiger partial charge in [0.1, 0.15) is 11.6 Å². The van der Waals surface area contributed by atoms with Crippen molar-refractivity contribution in [1.29, 1.82) is 0 Å². The Hall–Kier alpha value is -2.77. The maximum atomic E-state index is 12.6. The second-order valence-electron chi connectivity index (χ2n) is 8.12. The van der Waals surface area contributed by atoms with E-state index >= 15 is 0 Å². The van der Waals surface area contributed by atoms with Gasteiger partial charge in [-0.05, 0) is 69.2 Å². The van der Waals surface area contributed by atoms with E-state index in [0.29, 0.717) is 11.6 Å². The van der Waals surface area contributed by atoms with Crippen molar-refractivity contribution in [1.82, 2.24) is 14.6 Å². The van der Waals surface area contributed by atoms with Crippen molar-refractivity contribution in [3.63, 3.8) is 0 Å². The first kappa shape index (κ1) is 21.5. The van der Waals surface area contributed by atoms with E-state index < -0.39 is 6.36 Å². The number of aromatic nitrogens is 3. The van der Waals surface area contributed by atoms with E-state index in [-0.39, 0.29) is 5.75 Å². The van der Waals surface area contributed by atoms with Gasteiger partial charge in [-0.15, -0.1) is 13.2 Å². The summed E-state index contributed by atoms with van der Waals surface area (Å²) in [4.78, 5) is 4.94. The van der Waals surface area contributed by atoms with Crippen molar-refractivity contribution < 1.29 is 17.9 Å². The van der Waals surface area contributed by atoms with Gasteiger partial charge in [-0.1, -0.05) is 19.9 Å². The van der Waals surface area contributed by atoms with Gasteiger partial charge in [0.2, 0.25) is 0 Å². The van der Waals surface area contributed by atoms with E-state index in [1.807, 2.05) is 11.4 Å². The Bertz CT molecular complexity index is 1120. The normalized spacial score (nSPS) is 13.8. The van der Waals surface area contributed by atoms with Crippen molar-refractivity contribution in [3.05, 3.63) is 40.7 Å². The maximum Gasteiger partial charge on any atom is 0.573 e. The minimum Gasteiger partial charge on any atom is -0.406 e. The first-order valence-corrected chi connectivity index (χ1v) is 10.8. The fraction of sp³-hybridized carbons (Fsp3) is 0.478. The molecule has 2 heterocycles. The van der Waals surface area contributed by atoms with E-state index in [9.17, 15) is 13.2 Å². The molecule has 1 N–H and O–H groups in total. The van der Waals surface area contributed by atoms with E-state index in [1.165, 1.54) is 17.7 Å². The zero-order valence-electron chi connectivity index (χ0n) is 18.2. The van der Waals surface area contributed by atoms with Crippen LogP contribution < -0.4 is 10.1 Å². The molecule has 0 aliphatic heterocycles. The van der Waals surface area contributed by atoms with Crippen LogP contribution in [0.5, 0.6) is 5.75 Å². The lowest BCUT2D eigenvalue weighted by atomic mass is 10.0. The Morgan fingerprint density at radius 3 is 2.55 bits per heavy atom. The molecule has 166 valence electrons. The number of aryl methyl sites for hydroxylation is 3. The molecule has 8 heteroatoms. The molecular weight excluding hydrogens is 405 g/mol. The summed E-state index contributed by atoms with van der Waals surface area (Å²) in [6.45, 7) is 8.01. The Morgan fingerprint density at radius 2 is 1.90 bits per heavy atom. The highest BCUT2D eigenvalue weighted by Crippen LogP contribution is 2.37. The molecule has 0 saturated heterocycles. The molecule has 0 saturated carbocycles. The number of alkyl halides is 3. The molecule has 1 aliphatic carbocycles. The van der Waals surface area contributed by atoms with Crippen LogP contribution in [-0.4, -0.2) is 27.0 Å². The second kappa shape index (κ2) is 8.05. The van der Waals surface area contributed by atoms with E-state index in [0.717, 1.165) is 66.1 Å². The number of nitrogens with one attached hydrogen (secondary N) is 1. The number of nitrogens with zero attached hydrogens (tertiary/aromatic N) is 3. The summed E-state index contributed by atoms with van der Waals surface area (Å²) in [5.74, 6) is 0.767. The minimum atomic E-state index is -4.72. The zero-order chi connectivity index (χ0) is 22.3. The van der Waals surface area contributed by atoms with Crippen LogP contribution in [-0.2, 0) is 12.8 Å². The molecule has 3 aromatic rings. The molecule has 1 aliphatic rings. The molecule has 0 radical (unpaired) electrons. The van der Waals surface area contributed by atoms with Crippen LogP contribution in [0.15, 0.2) is 18.2 Å². The zero-order valence-corrected chi connectivity index (χ0v) is 18.2. The Balaban J connectivity index is 1.86. The predicted molar refractivity (Wildman–Crippen MR) is 115 cm³/mol. The number of rotatable bonds is 6. The number of anilines is 1. The summed E-state index contributed by atoms with van der Waals surface area (Å²) in [6.07, 6.45) is 0.238. The van der Waals surface area contributed by atoms with Crippen LogP contribution in [0.2, 0.25) is 0 Å². The van der Waals surface area contributed by atoms with E-state index in [2.05, 4.69) is 23.9 Å². The molecule has 2 aromatic heterocycles. The number of hydrogen-bond acceptors (Lipinski definition) is 4. The summed E-state index contributed by atoms with van der Waals surface area (Å²) in [5, 5.41) is 8.47. The lowest BCUT2D eigenvalue weighted by Gasteiger charge is -2.20. The quantitative estimate of drug-likeness (QED) is 0.519. The third-order valence-electron chi connectivity index (χ3n) is 5.99.